The molecule has 124 valence electrons. The molecule has 1 aromatic carbocycles. The van der Waals surface area contributed by atoms with E-state index in [-0.39, 0.29) is 12.4 Å². The normalized spacial score (nSPS) is 10.8. The van der Waals surface area contributed by atoms with E-state index in [4.69, 9.17) is 5.73 Å². The Balaban J connectivity index is 0.00000208. The summed E-state index contributed by atoms with van der Waals surface area (Å²) in [4.78, 5) is 0. The summed E-state index contributed by atoms with van der Waals surface area (Å²) in [7, 11) is 1.98. The van der Waals surface area contributed by atoms with Gasteiger partial charge in [-0.1, -0.05) is 18.2 Å². The lowest BCUT2D eigenvalue weighted by Gasteiger charge is -2.03. The quantitative estimate of drug-likeness (QED) is 0.538. The maximum absolute atomic E-state index is 6.12. The van der Waals surface area contributed by atoms with Crippen molar-refractivity contribution < 1.29 is 17.0 Å². The summed E-state index contributed by atoms with van der Waals surface area (Å²) in [6, 6.07) is 11.9. The summed E-state index contributed by atoms with van der Waals surface area (Å²) < 4.78 is 3.71. The highest BCUT2D eigenvalue weighted by molar-refractivity contribution is 5.57. The Morgan fingerprint density at radius 3 is 2.46 bits per heavy atom. The molecular formula is C17H19ClN6. The van der Waals surface area contributed by atoms with Gasteiger partial charge in [-0.05, 0) is 24.1 Å². The molecule has 0 aliphatic carbocycles. The summed E-state index contributed by atoms with van der Waals surface area (Å²) >= 11 is 0. The number of aromatic nitrogens is 3. The minimum absolute atomic E-state index is 0. The number of azo groups is 1. The van der Waals surface area contributed by atoms with Gasteiger partial charge >= 0.3 is 0 Å². The Labute approximate surface area is 147 Å². The Morgan fingerprint density at radius 1 is 1.08 bits per heavy atom. The van der Waals surface area contributed by atoms with Gasteiger partial charge in [-0.3, -0.25) is 0 Å². The molecule has 3 rings (SSSR count). The van der Waals surface area contributed by atoms with E-state index in [9.17, 15) is 0 Å². The Kier molecular flexibility index (Phi) is 5.65. The van der Waals surface area contributed by atoms with Crippen LogP contribution < -0.4 is 22.7 Å². The average Bonchev–Trinajstić information content (AvgIpc) is 2.89. The average molecular weight is 343 g/mol. The topological polar surface area (TPSA) is 72.4 Å². The van der Waals surface area contributed by atoms with Crippen LogP contribution in [0.5, 0.6) is 0 Å². The molecule has 0 aliphatic rings. The molecule has 2 heterocycles. The molecular weight excluding hydrogens is 324 g/mol. The van der Waals surface area contributed by atoms with E-state index in [2.05, 4.69) is 15.3 Å². The van der Waals surface area contributed by atoms with Gasteiger partial charge < -0.3 is 18.1 Å². The fraction of sp³-hybridized carbons (Fsp3) is 0.176. The third-order valence-corrected chi connectivity index (χ3v) is 3.62. The molecule has 7 heteroatoms. The second kappa shape index (κ2) is 7.70. The van der Waals surface area contributed by atoms with Crippen molar-refractivity contribution in [3.8, 4) is 0 Å². The third kappa shape index (κ3) is 3.97. The summed E-state index contributed by atoms with van der Waals surface area (Å²) in [6.07, 6.45) is 5.63. The minimum atomic E-state index is 0. The number of anilines is 1. The molecule has 0 atom stereocenters. The molecule has 0 radical (unpaired) electrons. The number of pyridine rings is 1. The minimum Gasteiger partial charge on any atom is -1.00 e. The SMILES string of the molecule is Cc1ccccc1N=Nc1cnn(Cc2cc[n+](C)cc2)c1N.[Cl-]. The summed E-state index contributed by atoms with van der Waals surface area (Å²) in [5, 5.41) is 12.8. The maximum Gasteiger partial charge on any atom is 0.168 e. The molecule has 24 heavy (non-hydrogen) atoms. The lowest BCUT2D eigenvalue weighted by atomic mass is 10.2. The van der Waals surface area contributed by atoms with Crippen molar-refractivity contribution in [3.63, 3.8) is 0 Å². The molecule has 0 aliphatic heterocycles. The van der Waals surface area contributed by atoms with Crippen molar-refractivity contribution >= 4 is 17.2 Å². The molecule has 2 N–H and O–H groups in total. The summed E-state index contributed by atoms with van der Waals surface area (Å²) in [6.45, 7) is 2.60. The molecule has 0 saturated carbocycles. The maximum atomic E-state index is 6.12. The van der Waals surface area contributed by atoms with Crippen molar-refractivity contribution in [2.24, 2.45) is 17.3 Å². The monoisotopic (exact) mass is 342 g/mol. The first kappa shape index (κ1) is 17.6. The van der Waals surface area contributed by atoms with Crippen LogP contribution in [-0.4, -0.2) is 9.78 Å². The van der Waals surface area contributed by atoms with Crippen LogP contribution in [0.4, 0.5) is 17.2 Å². The fourth-order valence-electron chi connectivity index (χ4n) is 2.18. The van der Waals surface area contributed by atoms with E-state index in [1.807, 2.05) is 67.3 Å². The highest BCUT2D eigenvalue weighted by Crippen LogP contribution is 2.26. The van der Waals surface area contributed by atoms with E-state index >= 15 is 0 Å². The zero-order valence-corrected chi connectivity index (χ0v) is 14.4. The number of nitrogens with zero attached hydrogens (tertiary/aromatic N) is 5. The van der Waals surface area contributed by atoms with E-state index in [0.29, 0.717) is 18.1 Å². The number of nitrogens with two attached hydrogens (primary N) is 1. The van der Waals surface area contributed by atoms with E-state index in [0.717, 1.165) is 16.8 Å². The molecule has 0 fully saturated rings. The molecule has 2 aromatic heterocycles. The molecule has 0 unspecified atom stereocenters. The van der Waals surface area contributed by atoms with Gasteiger partial charge in [0, 0.05) is 12.1 Å². The van der Waals surface area contributed by atoms with E-state index < -0.39 is 0 Å². The van der Waals surface area contributed by atoms with Crippen LogP contribution in [0.25, 0.3) is 0 Å². The van der Waals surface area contributed by atoms with E-state index in [1.165, 1.54) is 0 Å². The van der Waals surface area contributed by atoms with Crippen molar-refractivity contribution in [1.29, 1.82) is 0 Å². The molecule has 6 nitrogen and oxygen atoms in total. The number of aryl methyl sites for hydroxylation is 2. The van der Waals surface area contributed by atoms with Gasteiger partial charge in [0.2, 0.25) is 0 Å². The summed E-state index contributed by atoms with van der Waals surface area (Å²) in [5.41, 5.74) is 9.73. The Morgan fingerprint density at radius 2 is 1.75 bits per heavy atom. The lowest BCUT2D eigenvalue weighted by Crippen LogP contribution is -3.00. The van der Waals surface area contributed by atoms with Gasteiger partial charge in [-0.15, -0.1) is 5.11 Å². The van der Waals surface area contributed by atoms with Gasteiger partial charge in [0.1, 0.15) is 18.6 Å². The largest absolute Gasteiger partial charge is 1.00 e. The van der Waals surface area contributed by atoms with Crippen LogP contribution in [0.3, 0.4) is 0 Å². The number of benzene rings is 1. The van der Waals surface area contributed by atoms with Crippen LogP contribution in [0.2, 0.25) is 0 Å². The second-order valence-electron chi connectivity index (χ2n) is 5.43. The van der Waals surface area contributed by atoms with Crippen LogP contribution in [0.15, 0.2) is 65.2 Å². The number of hydrogen-bond acceptors (Lipinski definition) is 4. The van der Waals surface area contributed by atoms with Crippen molar-refractivity contribution in [1.82, 2.24) is 9.78 Å². The summed E-state index contributed by atoms with van der Waals surface area (Å²) in [5.74, 6) is 0.510. The predicted octanol–water partition coefficient (Wildman–Crippen LogP) is 0.0659. The van der Waals surface area contributed by atoms with Gasteiger partial charge in [0.25, 0.3) is 0 Å². The first-order chi connectivity index (χ1) is 11.1. The first-order valence-electron chi connectivity index (χ1n) is 7.36. The van der Waals surface area contributed by atoms with Crippen LogP contribution in [0, 0.1) is 6.92 Å². The third-order valence-electron chi connectivity index (χ3n) is 3.62. The standard InChI is InChI=1S/C17H19N6.ClH/c1-13-5-3-4-6-15(13)20-21-16-11-19-23(17(16)18)12-14-7-9-22(2)10-8-14;/h3-11H,12,18H2,1-2H3;1H/q+1;/p-1. The molecule has 0 bridgehead atoms. The molecule has 3 aromatic rings. The number of nitrogen functional groups attached to an aromatic ring is 1. The van der Waals surface area contributed by atoms with Crippen molar-refractivity contribution in [3.05, 3.63) is 66.1 Å². The van der Waals surface area contributed by atoms with Crippen LogP contribution in [0.1, 0.15) is 11.1 Å². The van der Waals surface area contributed by atoms with Gasteiger partial charge in [0.05, 0.1) is 18.4 Å². The zero-order valence-electron chi connectivity index (χ0n) is 13.6. The van der Waals surface area contributed by atoms with Gasteiger partial charge in [-0.25, -0.2) is 9.25 Å². The first-order valence-corrected chi connectivity index (χ1v) is 7.36. The van der Waals surface area contributed by atoms with Crippen LogP contribution in [-0.2, 0) is 13.6 Å². The lowest BCUT2D eigenvalue weighted by molar-refractivity contribution is -0.671. The van der Waals surface area contributed by atoms with Gasteiger partial charge in [-0.2, -0.15) is 10.2 Å². The molecule has 0 spiro atoms. The highest BCUT2D eigenvalue weighted by Gasteiger charge is 2.08. The number of hydrogen-bond donors (Lipinski definition) is 1. The Bertz CT molecular complexity index is 839. The zero-order chi connectivity index (χ0) is 16.2. The fourth-order valence-corrected chi connectivity index (χ4v) is 2.18. The van der Waals surface area contributed by atoms with Crippen molar-refractivity contribution in [2.45, 2.75) is 13.5 Å². The van der Waals surface area contributed by atoms with Crippen LogP contribution >= 0.6 is 0 Å². The molecule has 0 amide bonds. The highest BCUT2D eigenvalue weighted by atomic mass is 35.5. The van der Waals surface area contributed by atoms with Crippen molar-refractivity contribution in [2.75, 3.05) is 5.73 Å². The smallest absolute Gasteiger partial charge is 0.168 e. The predicted molar refractivity (Wildman–Crippen MR) is 88.7 cm³/mol. The Hall–Kier alpha value is -2.73. The van der Waals surface area contributed by atoms with E-state index in [1.54, 1.807) is 10.9 Å². The number of halogens is 1. The van der Waals surface area contributed by atoms with Gasteiger partial charge in [0.15, 0.2) is 12.4 Å². The number of rotatable bonds is 4. The second-order valence-corrected chi connectivity index (χ2v) is 5.43. The molecule has 0 saturated heterocycles.